The minimum absolute atomic E-state index is 0.155. The van der Waals surface area contributed by atoms with Crippen LogP contribution in [-0.4, -0.2) is 53.7 Å². The number of aromatic nitrogens is 1. The standard InChI is InChI=1S/C15H21N3O2/c1-3-18(4-2)8-7-17-15(20)14-10-13(6-5-9-19)11-16-12-14/h10-12,19H,3-4,7-9H2,1-2H3,(H,17,20). The van der Waals surface area contributed by atoms with Gasteiger partial charge in [-0.15, -0.1) is 0 Å². The summed E-state index contributed by atoms with van der Waals surface area (Å²) in [6.07, 6.45) is 3.08. The first-order valence-corrected chi connectivity index (χ1v) is 6.76. The minimum Gasteiger partial charge on any atom is -0.384 e. The Morgan fingerprint density at radius 2 is 2.15 bits per heavy atom. The lowest BCUT2D eigenvalue weighted by Gasteiger charge is -2.17. The molecule has 0 aliphatic rings. The summed E-state index contributed by atoms with van der Waals surface area (Å²) in [6, 6.07) is 1.67. The number of pyridine rings is 1. The fraction of sp³-hybridized carbons (Fsp3) is 0.467. The second-order valence-electron chi connectivity index (χ2n) is 4.20. The number of nitrogens with zero attached hydrogens (tertiary/aromatic N) is 2. The monoisotopic (exact) mass is 275 g/mol. The van der Waals surface area contributed by atoms with E-state index in [1.165, 1.54) is 6.20 Å². The van der Waals surface area contributed by atoms with Crippen molar-refractivity contribution in [3.8, 4) is 11.8 Å². The molecule has 2 N–H and O–H groups in total. The summed E-state index contributed by atoms with van der Waals surface area (Å²) < 4.78 is 0. The predicted octanol–water partition coefficient (Wildman–Crippen LogP) is 0.497. The number of aliphatic hydroxyl groups is 1. The fourth-order valence-corrected chi connectivity index (χ4v) is 1.74. The summed E-state index contributed by atoms with van der Waals surface area (Å²) in [4.78, 5) is 18.2. The normalized spacial score (nSPS) is 10.0. The Morgan fingerprint density at radius 1 is 1.40 bits per heavy atom. The molecule has 0 spiro atoms. The van der Waals surface area contributed by atoms with Gasteiger partial charge in [-0.3, -0.25) is 9.78 Å². The molecule has 0 atom stereocenters. The van der Waals surface area contributed by atoms with Crippen LogP contribution in [0.15, 0.2) is 18.5 Å². The van der Waals surface area contributed by atoms with Crippen LogP contribution in [0.5, 0.6) is 0 Å². The topological polar surface area (TPSA) is 65.5 Å². The molecule has 0 aliphatic heterocycles. The average Bonchev–Trinajstić information content (AvgIpc) is 2.49. The molecule has 1 heterocycles. The van der Waals surface area contributed by atoms with Crippen molar-refractivity contribution in [2.45, 2.75) is 13.8 Å². The van der Waals surface area contributed by atoms with Crippen molar-refractivity contribution in [1.82, 2.24) is 15.2 Å². The van der Waals surface area contributed by atoms with Crippen molar-refractivity contribution in [2.24, 2.45) is 0 Å². The molecule has 0 saturated carbocycles. The van der Waals surface area contributed by atoms with E-state index in [9.17, 15) is 4.79 Å². The lowest BCUT2D eigenvalue weighted by atomic mass is 10.2. The van der Waals surface area contributed by atoms with Gasteiger partial charge in [0.2, 0.25) is 0 Å². The van der Waals surface area contributed by atoms with Crippen LogP contribution in [-0.2, 0) is 0 Å². The first-order chi connectivity index (χ1) is 9.71. The van der Waals surface area contributed by atoms with E-state index in [0.717, 1.165) is 19.6 Å². The summed E-state index contributed by atoms with van der Waals surface area (Å²) in [6.45, 7) is 7.36. The molecule has 0 aromatic carbocycles. The molecule has 0 unspecified atom stereocenters. The Labute approximate surface area is 120 Å². The number of likely N-dealkylation sites (N-methyl/N-ethyl adjacent to an activating group) is 1. The number of carbonyl (C=O) groups is 1. The van der Waals surface area contributed by atoms with Gasteiger partial charge in [-0.2, -0.15) is 0 Å². The third-order valence-corrected chi connectivity index (χ3v) is 2.92. The van der Waals surface area contributed by atoms with Gasteiger partial charge in [-0.25, -0.2) is 0 Å². The first-order valence-electron chi connectivity index (χ1n) is 6.76. The van der Waals surface area contributed by atoms with Crippen LogP contribution >= 0.6 is 0 Å². The van der Waals surface area contributed by atoms with Gasteiger partial charge in [0.05, 0.1) is 5.56 Å². The van der Waals surface area contributed by atoms with Crippen LogP contribution in [0.3, 0.4) is 0 Å². The Bertz CT molecular complexity index is 487. The molecule has 5 heteroatoms. The maximum Gasteiger partial charge on any atom is 0.252 e. The third-order valence-electron chi connectivity index (χ3n) is 2.92. The highest BCUT2D eigenvalue weighted by atomic mass is 16.2. The van der Waals surface area contributed by atoms with Gasteiger partial charge in [0.15, 0.2) is 0 Å². The first kappa shape index (κ1) is 16.2. The number of carbonyl (C=O) groups excluding carboxylic acids is 1. The van der Waals surface area contributed by atoms with Crippen molar-refractivity contribution in [1.29, 1.82) is 0 Å². The number of rotatable bonds is 6. The maximum absolute atomic E-state index is 12.0. The van der Waals surface area contributed by atoms with Crippen LogP contribution in [0.25, 0.3) is 0 Å². The molecule has 5 nitrogen and oxygen atoms in total. The second kappa shape index (κ2) is 9.08. The fourth-order valence-electron chi connectivity index (χ4n) is 1.74. The van der Waals surface area contributed by atoms with Crippen molar-refractivity contribution < 1.29 is 9.90 Å². The molecule has 1 rings (SSSR count). The van der Waals surface area contributed by atoms with E-state index < -0.39 is 0 Å². The number of hydrogen-bond acceptors (Lipinski definition) is 4. The van der Waals surface area contributed by atoms with Gasteiger partial charge in [0.25, 0.3) is 5.91 Å². The Morgan fingerprint density at radius 3 is 2.80 bits per heavy atom. The zero-order chi connectivity index (χ0) is 14.8. The zero-order valence-corrected chi connectivity index (χ0v) is 12.0. The minimum atomic E-state index is -0.208. The Balaban J connectivity index is 2.55. The summed E-state index contributed by atoms with van der Waals surface area (Å²) in [5.41, 5.74) is 1.10. The molecule has 1 aromatic rings. The van der Waals surface area contributed by atoms with Crippen molar-refractivity contribution in [2.75, 3.05) is 32.8 Å². The van der Waals surface area contributed by atoms with Gasteiger partial charge < -0.3 is 15.3 Å². The maximum atomic E-state index is 12.0. The van der Waals surface area contributed by atoms with Crippen molar-refractivity contribution in [3.05, 3.63) is 29.6 Å². The van der Waals surface area contributed by atoms with Crippen molar-refractivity contribution >= 4 is 5.91 Å². The summed E-state index contributed by atoms with van der Waals surface area (Å²) in [5, 5.41) is 11.5. The van der Waals surface area contributed by atoms with Gasteiger partial charge in [-0.1, -0.05) is 25.7 Å². The molecule has 0 radical (unpaired) electrons. The van der Waals surface area contributed by atoms with Gasteiger partial charge in [-0.05, 0) is 19.2 Å². The number of amides is 1. The lowest BCUT2D eigenvalue weighted by Crippen LogP contribution is -2.34. The van der Waals surface area contributed by atoms with E-state index >= 15 is 0 Å². The Hall–Kier alpha value is -1.90. The summed E-state index contributed by atoms with van der Waals surface area (Å²) in [5.74, 6) is 5.11. The van der Waals surface area contributed by atoms with Gasteiger partial charge in [0, 0.05) is 31.0 Å². The SMILES string of the molecule is CCN(CC)CCNC(=O)c1cncc(C#CCO)c1. The molecule has 0 bridgehead atoms. The van der Waals surface area contributed by atoms with E-state index in [0.29, 0.717) is 17.7 Å². The molecule has 108 valence electrons. The molecular weight excluding hydrogens is 254 g/mol. The van der Waals surface area contributed by atoms with Crippen LogP contribution in [0.4, 0.5) is 0 Å². The highest BCUT2D eigenvalue weighted by molar-refractivity contribution is 5.94. The van der Waals surface area contributed by atoms with Gasteiger partial charge in [0.1, 0.15) is 6.61 Å². The molecule has 0 fully saturated rings. The molecule has 20 heavy (non-hydrogen) atoms. The average molecular weight is 275 g/mol. The van der Waals surface area contributed by atoms with E-state index in [4.69, 9.17) is 5.11 Å². The quantitative estimate of drug-likeness (QED) is 0.742. The smallest absolute Gasteiger partial charge is 0.252 e. The van der Waals surface area contributed by atoms with Crippen LogP contribution in [0, 0.1) is 11.8 Å². The van der Waals surface area contributed by atoms with Crippen LogP contribution < -0.4 is 5.32 Å². The second-order valence-corrected chi connectivity index (χ2v) is 4.20. The number of aliphatic hydroxyl groups excluding tert-OH is 1. The van der Waals surface area contributed by atoms with E-state index in [2.05, 4.69) is 40.9 Å². The largest absolute Gasteiger partial charge is 0.384 e. The summed E-state index contributed by atoms with van der Waals surface area (Å²) >= 11 is 0. The highest BCUT2D eigenvalue weighted by Gasteiger charge is 2.06. The van der Waals surface area contributed by atoms with Crippen LogP contribution in [0.1, 0.15) is 29.8 Å². The summed E-state index contributed by atoms with van der Waals surface area (Å²) in [7, 11) is 0. The molecule has 0 saturated heterocycles. The number of nitrogens with one attached hydrogen (secondary N) is 1. The number of hydrogen-bond donors (Lipinski definition) is 2. The molecule has 0 aliphatic carbocycles. The van der Waals surface area contributed by atoms with Crippen molar-refractivity contribution in [3.63, 3.8) is 0 Å². The van der Waals surface area contributed by atoms with E-state index in [-0.39, 0.29) is 12.5 Å². The zero-order valence-electron chi connectivity index (χ0n) is 12.0. The van der Waals surface area contributed by atoms with Crippen LogP contribution in [0.2, 0.25) is 0 Å². The van der Waals surface area contributed by atoms with Gasteiger partial charge >= 0.3 is 0 Å². The predicted molar refractivity (Wildman–Crippen MR) is 78.3 cm³/mol. The van der Waals surface area contributed by atoms with E-state index in [1.54, 1.807) is 12.3 Å². The lowest BCUT2D eigenvalue weighted by molar-refractivity contribution is 0.0948. The van der Waals surface area contributed by atoms with E-state index in [1.807, 2.05) is 0 Å². The molecule has 1 amide bonds. The highest BCUT2D eigenvalue weighted by Crippen LogP contribution is 2.01. The Kier molecular flexibility index (Phi) is 7.33. The molecular formula is C15H21N3O2. The third kappa shape index (κ3) is 5.39. The molecule has 1 aromatic heterocycles.